The molecule has 0 aliphatic carbocycles. The Kier molecular flexibility index (Phi) is 3.71. The minimum Gasteiger partial charge on any atom is -0.358 e. The SMILES string of the molecule is CC(C)n1nc2c(c1OS(=O)(=O)c1ccccc1)CSC2. The fraction of sp³-hybridized carbons (Fsp3) is 0.357. The van der Waals surface area contributed by atoms with E-state index in [0.29, 0.717) is 5.88 Å². The largest absolute Gasteiger partial charge is 0.358 e. The lowest BCUT2D eigenvalue weighted by atomic mass is 10.3. The lowest BCUT2D eigenvalue weighted by Gasteiger charge is -2.13. The van der Waals surface area contributed by atoms with E-state index in [4.69, 9.17) is 4.18 Å². The molecule has 2 aromatic rings. The van der Waals surface area contributed by atoms with Crippen LogP contribution < -0.4 is 4.18 Å². The summed E-state index contributed by atoms with van der Waals surface area (Å²) in [6, 6.07) is 8.22. The normalized spacial score (nSPS) is 14.4. The molecule has 2 heterocycles. The molecule has 5 nitrogen and oxygen atoms in total. The van der Waals surface area contributed by atoms with Crippen LogP contribution in [0.3, 0.4) is 0 Å². The zero-order chi connectivity index (χ0) is 15.0. The van der Waals surface area contributed by atoms with Crippen molar-refractivity contribution < 1.29 is 12.6 Å². The number of hydrogen-bond acceptors (Lipinski definition) is 5. The molecule has 3 rings (SSSR count). The Morgan fingerprint density at radius 2 is 1.95 bits per heavy atom. The summed E-state index contributed by atoms with van der Waals surface area (Å²) in [5.41, 5.74) is 1.82. The molecule has 1 aliphatic rings. The van der Waals surface area contributed by atoms with Gasteiger partial charge in [-0.05, 0) is 26.0 Å². The van der Waals surface area contributed by atoms with E-state index in [1.165, 1.54) is 12.1 Å². The van der Waals surface area contributed by atoms with Crippen molar-refractivity contribution in [3.8, 4) is 5.88 Å². The van der Waals surface area contributed by atoms with Gasteiger partial charge in [-0.1, -0.05) is 18.2 Å². The molecule has 112 valence electrons. The highest BCUT2D eigenvalue weighted by Gasteiger charge is 2.29. The number of hydrogen-bond donors (Lipinski definition) is 0. The molecule has 0 radical (unpaired) electrons. The van der Waals surface area contributed by atoms with E-state index >= 15 is 0 Å². The van der Waals surface area contributed by atoms with Gasteiger partial charge in [-0.25, -0.2) is 4.68 Å². The van der Waals surface area contributed by atoms with Crippen LogP contribution in [-0.4, -0.2) is 18.2 Å². The first-order valence-corrected chi connectivity index (χ1v) is 9.23. The number of rotatable bonds is 4. The Balaban J connectivity index is 2.02. The van der Waals surface area contributed by atoms with Crippen LogP contribution in [0.15, 0.2) is 35.2 Å². The predicted molar refractivity (Wildman–Crippen MR) is 81.9 cm³/mol. The zero-order valence-electron chi connectivity index (χ0n) is 11.8. The van der Waals surface area contributed by atoms with E-state index in [2.05, 4.69) is 5.10 Å². The fourth-order valence-corrected chi connectivity index (χ4v) is 4.18. The van der Waals surface area contributed by atoms with E-state index in [1.54, 1.807) is 34.6 Å². The maximum atomic E-state index is 12.4. The fourth-order valence-electron chi connectivity index (χ4n) is 2.19. The van der Waals surface area contributed by atoms with Gasteiger partial charge in [-0.3, -0.25) is 0 Å². The highest BCUT2D eigenvalue weighted by molar-refractivity contribution is 7.98. The average Bonchev–Trinajstić information content (AvgIpc) is 3.02. The minimum absolute atomic E-state index is 0.0431. The second-order valence-corrected chi connectivity index (χ2v) is 7.64. The second kappa shape index (κ2) is 5.38. The first kappa shape index (κ1) is 14.5. The van der Waals surface area contributed by atoms with E-state index in [0.717, 1.165) is 22.8 Å². The summed E-state index contributed by atoms with van der Waals surface area (Å²) >= 11 is 1.72. The molecule has 0 amide bonds. The Morgan fingerprint density at radius 1 is 1.24 bits per heavy atom. The summed E-state index contributed by atoms with van der Waals surface area (Å²) in [6.07, 6.45) is 0. The van der Waals surface area contributed by atoms with E-state index in [9.17, 15) is 8.42 Å². The third kappa shape index (κ3) is 2.67. The van der Waals surface area contributed by atoms with Crippen LogP contribution in [0.25, 0.3) is 0 Å². The van der Waals surface area contributed by atoms with E-state index in [1.807, 2.05) is 13.8 Å². The van der Waals surface area contributed by atoms with Gasteiger partial charge in [0.1, 0.15) is 4.90 Å². The molecule has 0 N–H and O–H groups in total. The standard InChI is InChI=1S/C14H16N2O3S2/c1-10(2)16-14(12-8-20-9-13(12)15-16)19-21(17,18)11-6-4-3-5-7-11/h3-7,10H,8-9H2,1-2H3. The Bertz CT molecular complexity index is 752. The van der Waals surface area contributed by atoms with Crippen LogP contribution in [0.1, 0.15) is 31.1 Å². The van der Waals surface area contributed by atoms with Gasteiger partial charge >= 0.3 is 10.1 Å². The van der Waals surface area contributed by atoms with Crippen molar-refractivity contribution in [3.05, 3.63) is 41.6 Å². The van der Waals surface area contributed by atoms with E-state index < -0.39 is 10.1 Å². The second-order valence-electron chi connectivity index (χ2n) is 5.11. The zero-order valence-corrected chi connectivity index (χ0v) is 13.4. The summed E-state index contributed by atoms with van der Waals surface area (Å²) in [6.45, 7) is 3.91. The summed E-state index contributed by atoms with van der Waals surface area (Å²) < 4.78 is 31.9. The molecule has 0 bridgehead atoms. The molecule has 1 aromatic heterocycles. The molecule has 0 saturated heterocycles. The van der Waals surface area contributed by atoms with E-state index in [-0.39, 0.29) is 10.9 Å². The number of nitrogens with zero attached hydrogens (tertiary/aromatic N) is 2. The van der Waals surface area contributed by atoms with Gasteiger partial charge in [0, 0.05) is 17.1 Å². The van der Waals surface area contributed by atoms with Gasteiger partial charge in [0.25, 0.3) is 0 Å². The maximum Gasteiger partial charge on any atom is 0.340 e. The third-order valence-corrected chi connectivity index (χ3v) is 5.44. The van der Waals surface area contributed by atoms with Gasteiger partial charge in [0.05, 0.1) is 11.7 Å². The maximum absolute atomic E-state index is 12.4. The lowest BCUT2D eigenvalue weighted by molar-refractivity contribution is 0.414. The first-order valence-electron chi connectivity index (χ1n) is 6.66. The molecular formula is C14H16N2O3S2. The number of thioether (sulfide) groups is 1. The molecule has 21 heavy (non-hydrogen) atoms. The van der Waals surface area contributed by atoms with Crippen molar-refractivity contribution in [3.63, 3.8) is 0 Å². The van der Waals surface area contributed by atoms with Crippen LogP contribution in [0, 0.1) is 0 Å². The van der Waals surface area contributed by atoms with Gasteiger partial charge in [-0.15, -0.1) is 0 Å². The number of fused-ring (bicyclic) bond motifs is 1. The Morgan fingerprint density at radius 3 is 2.62 bits per heavy atom. The summed E-state index contributed by atoms with van der Waals surface area (Å²) in [5, 5.41) is 4.47. The average molecular weight is 324 g/mol. The van der Waals surface area contributed by atoms with Crippen LogP contribution in [0.4, 0.5) is 0 Å². The topological polar surface area (TPSA) is 61.2 Å². The molecule has 0 unspecified atom stereocenters. The van der Waals surface area contributed by atoms with Crippen LogP contribution in [0.2, 0.25) is 0 Å². The Hall–Kier alpha value is -1.47. The number of aromatic nitrogens is 2. The lowest BCUT2D eigenvalue weighted by Crippen LogP contribution is -2.15. The minimum atomic E-state index is -3.83. The molecular weight excluding hydrogens is 308 g/mol. The molecule has 1 aliphatic heterocycles. The van der Waals surface area contributed by atoms with Gasteiger partial charge in [-0.2, -0.15) is 25.3 Å². The van der Waals surface area contributed by atoms with Crippen LogP contribution in [0.5, 0.6) is 5.88 Å². The monoisotopic (exact) mass is 324 g/mol. The van der Waals surface area contributed by atoms with Gasteiger partial charge < -0.3 is 4.18 Å². The predicted octanol–water partition coefficient (Wildman–Crippen LogP) is 2.98. The van der Waals surface area contributed by atoms with Crippen molar-refractivity contribution >= 4 is 21.9 Å². The van der Waals surface area contributed by atoms with Crippen molar-refractivity contribution in [1.82, 2.24) is 9.78 Å². The van der Waals surface area contributed by atoms with Crippen LogP contribution in [-0.2, 0) is 21.6 Å². The van der Waals surface area contributed by atoms with Crippen molar-refractivity contribution in [2.75, 3.05) is 0 Å². The summed E-state index contributed by atoms with van der Waals surface area (Å²) in [4.78, 5) is 0.154. The molecule has 0 fully saturated rings. The van der Waals surface area contributed by atoms with Crippen molar-refractivity contribution in [1.29, 1.82) is 0 Å². The number of benzene rings is 1. The van der Waals surface area contributed by atoms with Gasteiger partial charge in [0.15, 0.2) is 0 Å². The smallest absolute Gasteiger partial charge is 0.340 e. The quantitative estimate of drug-likeness (QED) is 0.809. The Labute approximate surface area is 128 Å². The third-order valence-electron chi connectivity index (χ3n) is 3.24. The highest BCUT2D eigenvalue weighted by Crippen LogP contribution is 2.38. The molecule has 0 saturated carbocycles. The van der Waals surface area contributed by atoms with Crippen molar-refractivity contribution in [2.24, 2.45) is 0 Å². The molecule has 1 aromatic carbocycles. The molecule has 7 heteroatoms. The van der Waals surface area contributed by atoms with Gasteiger partial charge in [0.2, 0.25) is 5.88 Å². The van der Waals surface area contributed by atoms with Crippen molar-refractivity contribution in [2.45, 2.75) is 36.3 Å². The summed E-state index contributed by atoms with van der Waals surface area (Å²) in [5.74, 6) is 1.90. The summed E-state index contributed by atoms with van der Waals surface area (Å²) in [7, 11) is -3.83. The highest BCUT2D eigenvalue weighted by atomic mass is 32.2. The molecule has 0 spiro atoms. The van der Waals surface area contributed by atoms with Crippen LogP contribution >= 0.6 is 11.8 Å². The molecule has 0 atom stereocenters. The first-order chi connectivity index (χ1) is 9.99.